The first-order valence-electron chi connectivity index (χ1n) is 4.62. The fraction of sp³-hybridized carbons (Fsp3) is 0.400. The molecule has 3 heteroatoms. The van der Waals surface area contributed by atoms with Gasteiger partial charge in [0.05, 0.1) is 0 Å². The third-order valence-electron chi connectivity index (χ3n) is 2.01. The van der Waals surface area contributed by atoms with Crippen LogP contribution >= 0.6 is 11.8 Å². The van der Waals surface area contributed by atoms with Crippen LogP contribution in [0.15, 0.2) is 30.3 Å². The van der Waals surface area contributed by atoms with Crippen LogP contribution in [0.1, 0.15) is 6.42 Å². The van der Waals surface area contributed by atoms with E-state index in [1.165, 1.54) is 17.9 Å². The third-order valence-corrected chi connectivity index (χ3v) is 3.15. The van der Waals surface area contributed by atoms with E-state index in [4.69, 9.17) is 0 Å². The van der Waals surface area contributed by atoms with E-state index in [9.17, 15) is 0 Å². The molecule has 1 heterocycles. The number of rotatable bonds is 2. The summed E-state index contributed by atoms with van der Waals surface area (Å²) in [5.41, 5.74) is 1.57. The highest BCUT2D eigenvalue weighted by atomic mass is 32.2. The van der Waals surface area contributed by atoms with Gasteiger partial charge < -0.3 is 5.32 Å². The van der Waals surface area contributed by atoms with E-state index in [1.54, 1.807) is 0 Å². The minimum atomic E-state index is 0.385. The van der Waals surface area contributed by atoms with E-state index in [2.05, 4.69) is 34.9 Å². The standard InChI is InChI=1S/C10H14N2S/c1-2-5-9(6-3-1)12-10-11-7-4-8-13-10/h1-3,5-6,10-12H,4,7-8H2. The highest BCUT2D eigenvalue weighted by Gasteiger charge is 2.11. The van der Waals surface area contributed by atoms with Crippen molar-refractivity contribution in [2.24, 2.45) is 0 Å². The number of hydrogen-bond donors (Lipinski definition) is 2. The molecule has 2 rings (SSSR count). The van der Waals surface area contributed by atoms with Gasteiger partial charge in [-0.2, -0.15) is 0 Å². The maximum absolute atomic E-state index is 3.43. The molecule has 0 spiro atoms. The van der Waals surface area contributed by atoms with Crippen LogP contribution in [0.5, 0.6) is 0 Å². The molecule has 0 bridgehead atoms. The lowest BCUT2D eigenvalue weighted by Gasteiger charge is -2.24. The molecular formula is C10H14N2S. The summed E-state index contributed by atoms with van der Waals surface area (Å²) in [6.07, 6.45) is 1.28. The van der Waals surface area contributed by atoms with Gasteiger partial charge in [-0.1, -0.05) is 18.2 Å². The smallest absolute Gasteiger partial charge is 0.125 e. The molecule has 1 atom stereocenters. The van der Waals surface area contributed by atoms with E-state index in [0.717, 1.165) is 6.54 Å². The summed E-state index contributed by atoms with van der Waals surface area (Å²) in [7, 11) is 0. The van der Waals surface area contributed by atoms with Gasteiger partial charge in [-0.15, -0.1) is 11.8 Å². The highest BCUT2D eigenvalue weighted by molar-refractivity contribution is 8.00. The van der Waals surface area contributed by atoms with Crippen molar-refractivity contribution in [3.63, 3.8) is 0 Å². The van der Waals surface area contributed by atoms with Crippen molar-refractivity contribution in [1.82, 2.24) is 5.32 Å². The van der Waals surface area contributed by atoms with Crippen molar-refractivity contribution in [1.29, 1.82) is 0 Å². The Morgan fingerprint density at radius 2 is 2.15 bits per heavy atom. The van der Waals surface area contributed by atoms with Crippen LogP contribution in [0.2, 0.25) is 0 Å². The summed E-state index contributed by atoms with van der Waals surface area (Å²) in [6.45, 7) is 1.12. The van der Waals surface area contributed by atoms with E-state index < -0.39 is 0 Å². The molecular weight excluding hydrogens is 180 g/mol. The Balaban J connectivity index is 1.90. The summed E-state index contributed by atoms with van der Waals surface area (Å²) >= 11 is 1.94. The van der Waals surface area contributed by atoms with Crippen LogP contribution in [-0.4, -0.2) is 17.8 Å². The average Bonchev–Trinajstić information content (AvgIpc) is 2.21. The largest absolute Gasteiger partial charge is 0.361 e. The van der Waals surface area contributed by atoms with Crippen molar-refractivity contribution in [2.75, 3.05) is 17.6 Å². The van der Waals surface area contributed by atoms with Gasteiger partial charge in [-0.3, -0.25) is 5.32 Å². The SMILES string of the molecule is c1ccc(NC2NCCCS2)cc1. The second-order valence-corrected chi connectivity index (χ2v) is 4.28. The van der Waals surface area contributed by atoms with Crippen LogP contribution in [0.3, 0.4) is 0 Å². The van der Waals surface area contributed by atoms with Crippen LogP contribution in [-0.2, 0) is 0 Å². The summed E-state index contributed by atoms with van der Waals surface area (Å²) in [4.78, 5) is 0. The van der Waals surface area contributed by atoms with Gasteiger partial charge in [0.25, 0.3) is 0 Å². The number of hydrogen-bond acceptors (Lipinski definition) is 3. The van der Waals surface area contributed by atoms with Crippen LogP contribution in [0.25, 0.3) is 0 Å². The Morgan fingerprint density at radius 1 is 1.31 bits per heavy atom. The number of anilines is 1. The van der Waals surface area contributed by atoms with Crippen molar-refractivity contribution in [3.05, 3.63) is 30.3 Å². The zero-order chi connectivity index (χ0) is 8.93. The molecule has 1 aromatic rings. The van der Waals surface area contributed by atoms with Crippen LogP contribution in [0, 0.1) is 0 Å². The fourth-order valence-corrected chi connectivity index (χ4v) is 2.35. The molecule has 1 saturated heterocycles. The number of benzene rings is 1. The van der Waals surface area contributed by atoms with Crippen molar-refractivity contribution >= 4 is 17.4 Å². The molecule has 1 aromatic carbocycles. The maximum Gasteiger partial charge on any atom is 0.125 e. The number of nitrogens with one attached hydrogen (secondary N) is 2. The van der Waals surface area contributed by atoms with Crippen LogP contribution in [0.4, 0.5) is 5.69 Å². The monoisotopic (exact) mass is 194 g/mol. The first-order valence-corrected chi connectivity index (χ1v) is 5.66. The van der Waals surface area contributed by atoms with E-state index in [0.29, 0.717) is 5.50 Å². The quantitative estimate of drug-likeness (QED) is 0.754. The van der Waals surface area contributed by atoms with Gasteiger partial charge >= 0.3 is 0 Å². The normalized spacial score (nSPS) is 22.6. The minimum Gasteiger partial charge on any atom is -0.361 e. The lowest BCUT2D eigenvalue weighted by molar-refractivity contribution is 0.660. The Kier molecular flexibility index (Phi) is 3.11. The molecule has 1 aliphatic rings. The predicted octanol–water partition coefficient (Wildman–Crippen LogP) is 2.11. The molecule has 2 N–H and O–H groups in total. The third kappa shape index (κ3) is 2.64. The second-order valence-electron chi connectivity index (χ2n) is 3.07. The zero-order valence-electron chi connectivity index (χ0n) is 7.49. The molecule has 0 saturated carbocycles. The van der Waals surface area contributed by atoms with Gasteiger partial charge in [0.2, 0.25) is 0 Å². The first kappa shape index (κ1) is 8.91. The number of para-hydroxylation sites is 1. The van der Waals surface area contributed by atoms with Gasteiger partial charge in [0.1, 0.15) is 5.50 Å². The molecule has 2 nitrogen and oxygen atoms in total. The summed E-state index contributed by atoms with van der Waals surface area (Å²) < 4.78 is 0. The minimum absolute atomic E-state index is 0.385. The van der Waals surface area contributed by atoms with Crippen LogP contribution < -0.4 is 10.6 Å². The average molecular weight is 194 g/mol. The van der Waals surface area contributed by atoms with E-state index in [1.807, 2.05) is 17.8 Å². The van der Waals surface area contributed by atoms with Gasteiger partial charge in [-0.25, -0.2) is 0 Å². The van der Waals surface area contributed by atoms with E-state index >= 15 is 0 Å². The summed E-state index contributed by atoms with van der Waals surface area (Å²) in [5, 5.41) is 6.85. The fourth-order valence-electron chi connectivity index (χ4n) is 1.34. The lowest BCUT2D eigenvalue weighted by Crippen LogP contribution is -2.37. The van der Waals surface area contributed by atoms with Crippen molar-refractivity contribution in [2.45, 2.75) is 11.9 Å². The van der Waals surface area contributed by atoms with Gasteiger partial charge in [0.15, 0.2) is 0 Å². The van der Waals surface area contributed by atoms with Gasteiger partial charge in [-0.05, 0) is 30.9 Å². The topological polar surface area (TPSA) is 24.1 Å². The Morgan fingerprint density at radius 3 is 2.85 bits per heavy atom. The molecule has 70 valence electrons. The number of thioether (sulfide) groups is 1. The molecule has 1 fully saturated rings. The van der Waals surface area contributed by atoms with Crippen molar-refractivity contribution in [3.8, 4) is 0 Å². The predicted molar refractivity (Wildman–Crippen MR) is 58.9 cm³/mol. The molecule has 1 unspecified atom stereocenters. The van der Waals surface area contributed by atoms with E-state index in [-0.39, 0.29) is 0 Å². The lowest BCUT2D eigenvalue weighted by atomic mass is 10.3. The molecule has 0 radical (unpaired) electrons. The van der Waals surface area contributed by atoms with Gasteiger partial charge in [0, 0.05) is 5.69 Å². The molecule has 0 aliphatic carbocycles. The first-order chi connectivity index (χ1) is 6.45. The summed E-state index contributed by atoms with van der Waals surface area (Å²) in [5.74, 6) is 1.25. The Hall–Kier alpha value is -0.670. The zero-order valence-corrected chi connectivity index (χ0v) is 8.31. The summed E-state index contributed by atoms with van der Waals surface area (Å²) in [6, 6.07) is 10.3. The maximum atomic E-state index is 3.43. The Labute approximate surface area is 83.1 Å². The molecule has 0 amide bonds. The molecule has 1 aliphatic heterocycles. The molecule has 0 aromatic heterocycles. The molecule has 13 heavy (non-hydrogen) atoms. The highest BCUT2D eigenvalue weighted by Crippen LogP contribution is 2.17. The van der Waals surface area contributed by atoms with Crippen molar-refractivity contribution < 1.29 is 0 Å². The Bertz CT molecular complexity index is 244. The second kappa shape index (κ2) is 4.53.